The van der Waals surface area contributed by atoms with Crippen LogP contribution in [0.5, 0.6) is 23.0 Å². The van der Waals surface area contributed by atoms with Crippen molar-refractivity contribution in [3.05, 3.63) is 52.0 Å². The molecule has 0 spiro atoms. The molecule has 2 aromatic heterocycles. The van der Waals surface area contributed by atoms with E-state index < -0.39 is 11.2 Å². The highest BCUT2D eigenvalue weighted by Crippen LogP contribution is 2.44. The van der Waals surface area contributed by atoms with E-state index in [9.17, 15) is 9.59 Å². The van der Waals surface area contributed by atoms with Crippen molar-refractivity contribution in [2.45, 2.75) is 38.9 Å². The lowest BCUT2D eigenvalue weighted by Gasteiger charge is -2.37. The summed E-state index contributed by atoms with van der Waals surface area (Å²) in [5, 5.41) is 9.84. The van der Waals surface area contributed by atoms with Crippen LogP contribution < -0.4 is 50.4 Å². The van der Waals surface area contributed by atoms with Crippen molar-refractivity contribution in [3.8, 4) is 23.0 Å². The zero-order valence-corrected chi connectivity index (χ0v) is 33.1. The van der Waals surface area contributed by atoms with Gasteiger partial charge in [0, 0.05) is 52.5 Å². The van der Waals surface area contributed by atoms with E-state index >= 15 is 0 Å². The summed E-state index contributed by atoms with van der Waals surface area (Å²) in [6, 6.07) is 6.88. The second-order valence-electron chi connectivity index (χ2n) is 12.4. The third-order valence-corrected chi connectivity index (χ3v) is 8.60. The fourth-order valence-corrected chi connectivity index (χ4v) is 5.66. The Hall–Kier alpha value is -5.19. The average Bonchev–Trinajstić information content (AvgIpc) is 3.11. The summed E-state index contributed by atoms with van der Waals surface area (Å²) in [6.07, 6.45) is 2.95. The largest absolute Gasteiger partial charge is 0.495 e. The van der Waals surface area contributed by atoms with Crippen molar-refractivity contribution >= 4 is 87.0 Å². The monoisotopic (exact) mass is 790 g/mol. The first kappa shape index (κ1) is 40.6. The van der Waals surface area contributed by atoms with E-state index in [2.05, 4.69) is 35.9 Å². The van der Waals surface area contributed by atoms with E-state index in [1.807, 2.05) is 0 Å². The third-order valence-electron chi connectivity index (χ3n) is 7.86. The Morgan fingerprint density at radius 2 is 1.21 bits per heavy atom. The van der Waals surface area contributed by atoms with Gasteiger partial charge in [0.05, 0.1) is 49.4 Å². The number of benzene rings is 2. The van der Waals surface area contributed by atoms with E-state index in [0.717, 1.165) is 0 Å². The summed E-state index contributed by atoms with van der Waals surface area (Å²) < 4.78 is 22.1. The second-order valence-corrected chi connectivity index (χ2v) is 13.5. The molecule has 2 aliphatic rings. The van der Waals surface area contributed by atoms with Crippen molar-refractivity contribution in [1.82, 2.24) is 19.9 Å². The molecule has 16 nitrogen and oxygen atoms in total. The lowest BCUT2D eigenvalue weighted by atomic mass is 10.0. The number of nitrogens with zero attached hydrogens (tertiary/aromatic N) is 6. The number of ether oxygens (including phenoxy) is 4. The van der Waals surface area contributed by atoms with Gasteiger partial charge < -0.3 is 50.4 Å². The van der Waals surface area contributed by atoms with Crippen molar-refractivity contribution in [2.24, 2.45) is 0 Å². The molecule has 2 amide bonds. The van der Waals surface area contributed by atoms with Gasteiger partial charge in [-0.25, -0.2) is 9.97 Å². The Morgan fingerprint density at radius 1 is 0.736 bits per heavy atom. The number of fused-ring (bicyclic) bond motifs is 2. The quantitative estimate of drug-likeness (QED) is 0.126. The van der Waals surface area contributed by atoms with Gasteiger partial charge in [-0.1, -0.05) is 23.2 Å². The van der Waals surface area contributed by atoms with Crippen molar-refractivity contribution < 1.29 is 28.5 Å². The van der Waals surface area contributed by atoms with Gasteiger partial charge >= 0.3 is 0 Å². The number of hydrogen-bond acceptors (Lipinski definition) is 14. The Kier molecular flexibility index (Phi) is 12.4. The van der Waals surface area contributed by atoms with Gasteiger partial charge in [0.1, 0.15) is 44.7 Å². The number of amides is 2. The molecular weight excluding hydrogens is 751 g/mol. The molecule has 2 aliphatic heterocycles. The van der Waals surface area contributed by atoms with Gasteiger partial charge in [-0.05, 0) is 39.3 Å². The maximum Gasteiger partial charge on any atom is 0.270 e. The fourth-order valence-electron chi connectivity index (χ4n) is 5.15. The number of anilines is 7. The number of likely N-dealkylation sites (N-methyl/N-ethyl adjacent to an activating group) is 2. The van der Waals surface area contributed by atoms with E-state index in [1.54, 1.807) is 97.1 Å². The van der Waals surface area contributed by atoms with Crippen molar-refractivity contribution in [3.63, 3.8) is 0 Å². The summed E-state index contributed by atoms with van der Waals surface area (Å²) in [6.45, 7) is 6.92. The number of carbonyl (C=O) groups excluding carboxylic acids is 2. The highest BCUT2D eigenvalue weighted by atomic mass is 35.5. The van der Waals surface area contributed by atoms with Crippen LogP contribution in [-0.2, 0) is 9.59 Å². The van der Waals surface area contributed by atoms with Crippen molar-refractivity contribution in [1.29, 1.82) is 0 Å². The third kappa shape index (κ3) is 8.89. The molecule has 4 aromatic rings. The lowest BCUT2D eigenvalue weighted by Crippen LogP contribution is -2.50. The van der Waals surface area contributed by atoms with Crippen LogP contribution in [0.2, 0.25) is 15.3 Å². The number of rotatable bonds is 6. The second kappa shape index (κ2) is 16.2. The molecule has 6 rings (SSSR count). The molecule has 19 heteroatoms. The molecule has 5 N–H and O–H groups in total. The van der Waals surface area contributed by atoms with E-state index in [0.29, 0.717) is 73.4 Å². The molecule has 0 bridgehead atoms. The smallest absolute Gasteiger partial charge is 0.270 e. The minimum atomic E-state index is -0.955. The predicted octanol–water partition coefficient (Wildman–Crippen LogP) is 6.29. The van der Waals surface area contributed by atoms with Crippen LogP contribution >= 0.6 is 34.8 Å². The summed E-state index contributed by atoms with van der Waals surface area (Å²) in [4.78, 5) is 43.5. The van der Waals surface area contributed by atoms with Gasteiger partial charge in [-0.2, -0.15) is 9.97 Å². The normalized spacial score (nSPS) is 14.8. The van der Waals surface area contributed by atoms with Crippen LogP contribution in [0.15, 0.2) is 36.7 Å². The van der Waals surface area contributed by atoms with Gasteiger partial charge in [0.2, 0.25) is 11.2 Å². The Bertz CT molecular complexity index is 2020. The zero-order chi connectivity index (χ0) is 39.4. The number of nitrogens with two attached hydrogens (primary N) is 1. The number of nitrogens with one attached hydrogen (secondary N) is 3. The Labute approximate surface area is 322 Å². The van der Waals surface area contributed by atoms with Gasteiger partial charge in [-0.3, -0.25) is 9.59 Å². The first-order valence-corrected chi connectivity index (χ1v) is 17.0. The molecule has 0 atom stereocenters. The number of aromatic nitrogens is 4. The van der Waals surface area contributed by atoms with Gasteiger partial charge in [0.25, 0.3) is 11.8 Å². The van der Waals surface area contributed by atoms with Crippen LogP contribution in [0.25, 0.3) is 0 Å². The van der Waals surface area contributed by atoms with Crippen LogP contribution in [0.3, 0.4) is 0 Å². The lowest BCUT2D eigenvalue weighted by molar-refractivity contribution is -0.132. The summed E-state index contributed by atoms with van der Waals surface area (Å²) in [7, 11) is 9.93. The topological polar surface area (TPSA) is 191 Å². The molecule has 0 saturated heterocycles. The molecule has 53 heavy (non-hydrogen) atoms. The highest BCUT2D eigenvalue weighted by Gasteiger charge is 2.41. The summed E-state index contributed by atoms with van der Waals surface area (Å²) in [5.41, 5.74) is 6.38. The number of halogens is 3. The van der Waals surface area contributed by atoms with Crippen molar-refractivity contribution in [2.75, 3.05) is 73.9 Å². The maximum absolute atomic E-state index is 12.4. The highest BCUT2D eigenvalue weighted by molar-refractivity contribution is 6.33. The molecule has 0 saturated carbocycles. The molecule has 4 heterocycles. The zero-order valence-electron chi connectivity index (χ0n) is 30.8. The molecule has 2 aromatic carbocycles. The molecule has 284 valence electrons. The SMILES string of the molecule is CNc1nc(Cl)ncc1Cl.CNc1nc(Nc2cc3c(cc2OC)N(C)C(=O)C(C)(C)O3)ncc1Cl.COc1cc2c(cc1N)OC(C)(C)C(=O)N2C. The van der Waals surface area contributed by atoms with Gasteiger partial charge in [0.15, 0.2) is 11.2 Å². The maximum atomic E-state index is 12.4. The van der Waals surface area contributed by atoms with Crippen LogP contribution in [0.4, 0.5) is 40.3 Å². The minimum absolute atomic E-state index is 0.100. The van der Waals surface area contributed by atoms with Crippen LogP contribution in [0.1, 0.15) is 27.7 Å². The van der Waals surface area contributed by atoms with Crippen LogP contribution in [-0.4, -0.2) is 85.4 Å². The number of hydrogen-bond donors (Lipinski definition) is 4. The fraction of sp³-hybridized carbons (Fsp3) is 0.353. The number of carbonyl (C=O) groups is 2. The van der Waals surface area contributed by atoms with E-state index in [1.165, 1.54) is 19.5 Å². The van der Waals surface area contributed by atoms with Crippen LogP contribution in [0, 0.1) is 0 Å². The predicted molar refractivity (Wildman–Crippen MR) is 208 cm³/mol. The summed E-state index contributed by atoms with van der Waals surface area (Å²) >= 11 is 17.1. The minimum Gasteiger partial charge on any atom is -0.495 e. The molecule has 0 unspecified atom stereocenters. The van der Waals surface area contributed by atoms with Gasteiger partial charge in [-0.15, -0.1) is 0 Å². The Balaban J connectivity index is 0.000000198. The first-order valence-electron chi connectivity index (χ1n) is 15.8. The number of nitrogen functional groups attached to an aromatic ring is 1. The molecule has 0 aliphatic carbocycles. The first-order chi connectivity index (χ1) is 24.9. The number of methoxy groups -OCH3 is 2. The molecule has 0 fully saturated rings. The Morgan fingerprint density at radius 3 is 1.70 bits per heavy atom. The van der Waals surface area contributed by atoms with E-state index in [-0.39, 0.29) is 17.1 Å². The molecular formula is C34H41Cl3N10O6. The summed E-state index contributed by atoms with van der Waals surface area (Å²) in [5.74, 6) is 3.37. The molecule has 0 radical (unpaired) electrons. The van der Waals surface area contributed by atoms with E-state index in [4.69, 9.17) is 59.5 Å². The standard InChI is InChI=1S/C17H20ClN5O3.C12H16N2O3.C5H5Cl2N3/c1-17(2)15(24)23(4)11-7-12(25-5)10(6-13(11)26-17)21-16-20-8-9(18)14(19-3)22-16;1-12(2)11(15)14(3)8-6-9(16-4)7(13)5-10(8)17-12;1-8-4-3(6)2-9-5(7)10-4/h6-8H,1-5H3,(H2,19,20,21,22);5-6H,13H2,1-4H3;2H,1H3,(H,8,9,10). The average molecular weight is 792 g/mol.